The number of allylic oxidation sites excluding steroid dienone is 3. The number of hydrogen-bond donors (Lipinski definition) is 1. The quantitative estimate of drug-likeness (QED) is 0.479. The van der Waals surface area contributed by atoms with Crippen molar-refractivity contribution < 1.29 is 4.79 Å². The molecule has 3 heterocycles. The minimum Gasteiger partial charge on any atom is -0.384 e. The number of ketones is 1. The topological polar surface area (TPSA) is 95.9 Å². The maximum absolute atomic E-state index is 13.4. The molecule has 2 N–H and O–H groups in total. The number of thiophene rings is 1. The Labute approximate surface area is 194 Å². The van der Waals surface area contributed by atoms with Gasteiger partial charge < -0.3 is 5.73 Å². The molecule has 0 radical (unpaired) electrons. The van der Waals surface area contributed by atoms with E-state index >= 15 is 0 Å². The van der Waals surface area contributed by atoms with E-state index in [0.717, 1.165) is 25.5 Å². The van der Waals surface area contributed by atoms with Crippen molar-refractivity contribution in [3.8, 4) is 6.07 Å². The molecule has 1 atom stereocenters. The second-order valence-electron chi connectivity index (χ2n) is 8.38. The van der Waals surface area contributed by atoms with Gasteiger partial charge in [-0.25, -0.2) is 0 Å². The fourth-order valence-electron chi connectivity index (χ4n) is 4.10. The van der Waals surface area contributed by atoms with Crippen LogP contribution < -0.4 is 10.6 Å². The molecule has 0 bridgehead atoms. The van der Waals surface area contributed by atoms with Crippen molar-refractivity contribution in [2.45, 2.75) is 43.9 Å². The molecule has 2 aliphatic rings. The summed E-state index contributed by atoms with van der Waals surface area (Å²) < 4.78 is 0.792. The molecule has 0 saturated carbocycles. The third-order valence-electron chi connectivity index (χ3n) is 5.34. The molecule has 31 heavy (non-hydrogen) atoms. The van der Waals surface area contributed by atoms with Crippen molar-refractivity contribution in [1.82, 2.24) is 10.2 Å². The van der Waals surface area contributed by atoms with Crippen LogP contribution in [0, 0.1) is 23.7 Å². The molecule has 9 heteroatoms. The van der Waals surface area contributed by atoms with Crippen molar-refractivity contribution in [3.63, 3.8) is 0 Å². The van der Waals surface area contributed by atoms with E-state index in [4.69, 9.17) is 5.73 Å². The molecule has 160 valence electrons. The van der Waals surface area contributed by atoms with E-state index in [9.17, 15) is 10.1 Å². The van der Waals surface area contributed by atoms with Crippen LogP contribution in [0.25, 0.3) is 0 Å². The predicted molar refractivity (Wildman–Crippen MR) is 127 cm³/mol. The average molecular weight is 470 g/mol. The molecule has 1 aliphatic heterocycles. The number of carbonyl (C=O) groups is 1. The third kappa shape index (κ3) is 3.95. The summed E-state index contributed by atoms with van der Waals surface area (Å²) in [6, 6.07) is 6.31. The first-order chi connectivity index (χ1) is 14.8. The number of nitrogens with zero attached hydrogens (tertiary/aromatic N) is 4. The highest BCUT2D eigenvalue weighted by molar-refractivity contribution is 8.01. The van der Waals surface area contributed by atoms with Gasteiger partial charge in [0.2, 0.25) is 5.13 Å². The van der Waals surface area contributed by atoms with Gasteiger partial charge in [-0.05, 0) is 30.9 Å². The number of Topliss-reactive ketones (excluding diaryl/α,β-unsaturated/α-hetero) is 1. The summed E-state index contributed by atoms with van der Waals surface area (Å²) in [5.41, 5.74) is 8.30. The fourth-order valence-corrected chi connectivity index (χ4v) is 6.74. The molecule has 4 rings (SSSR count). The Bertz CT molecular complexity index is 1160. The molecule has 0 spiro atoms. The van der Waals surface area contributed by atoms with Gasteiger partial charge in [0, 0.05) is 33.2 Å². The number of nitriles is 1. The zero-order valence-electron chi connectivity index (χ0n) is 17.6. The van der Waals surface area contributed by atoms with E-state index in [1.807, 2.05) is 25.1 Å². The molecule has 0 fully saturated rings. The number of aromatic nitrogens is 2. The minimum atomic E-state index is -0.430. The van der Waals surface area contributed by atoms with Gasteiger partial charge in [-0.15, -0.1) is 28.1 Å². The highest BCUT2D eigenvalue weighted by Crippen LogP contribution is 2.51. The normalized spacial score (nSPS) is 20.6. The lowest BCUT2D eigenvalue weighted by Crippen LogP contribution is -2.42. The van der Waals surface area contributed by atoms with Crippen LogP contribution in [0.2, 0.25) is 0 Å². The number of nitrogens with two attached hydrogens (primary N) is 1. The standard InChI is InChI=1S/C22H23N5OS3/c1-5-8-29-21-26-25-20(31-21)27-14-9-22(3,4)10-15(28)18(14)17(13(11-23)19(27)24)16-7-6-12(2)30-16/h5-7,17H,1,8-10,24H2,2-4H3. The zero-order chi connectivity index (χ0) is 22.3. The second kappa shape index (κ2) is 8.26. The van der Waals surface area contributed by atoms with Gasteiger partial charge in [0.15, 0.2) is 10.1 Å². The van der Waals surface area contributed by atoms with E-state index in [2.05, 4.69) is 36.7 Å². The number of rotatable bonds is 5. The Kier molecular flexibility index (Phi) is 5.81. The summed E-state index contributed by atoms with van der Waals surface area (Å²) in [6.07, 6.45) is 2.92. The Morgan fingerprint density at radius 3 is 2.81 bits per heavy atom. The first-order valence-corrected chi connectivity index (χ1v) is 12.5. The predicted octanol–water partition coefficient (Wildman–Crippen LogP) is 5.13. The molecule has 2 aromatic rings. The van der Waals surface area contributed by atoms with Gasteiger partial charge in [-0.1, -0.05) is 43.0 Å². The first kappa shape index (κ1) is 21.8. The van der Waals surface area contributed by atoms with E-state index in [0.29, 0.717) is 34.9 Å². The lowest BCUT2D eigenvalue weighted by molar-refractivity contribution is -0.118. The highest BCUT2D eigenvalue weighted by atomic mass is 32.2. The van der Waals surface area contributed by atoms with Gasteiger partial charge in [-0.3, -0.25) is 9.69 Å². The molecule has 1 unspecified atom stereocenters. The Morgan fingerprint density at radius 1 is 1.39 bits per heavy atom. The van der Waals surface area contributed by atoms with Crippen molar-refractivity contribution in [3.05, 3.63) is 57.2 Å². The smallest absolute Gasteiger partial charge is 0.219 e. The summed E-state index contributed by atoms with van der Waals surface area (Å²) in [5, 5.41) is 19.3. The Balaban J connectivity index is 1.91. The summed E-state index contributed by atoms with van der Waals surface area (Å²) in [5.74, 6) is 0.696. The number of aryl methyl sites for hydroxylation is 1. The number of thioether (sulfide) groups is 1. The molecule has 0 amide bonds. The summed E-state index contributed by atoms with van der Waals surface area (Å²) in [6.45, 7) is 9.93. The van der Waals surface area contributed by atoms with Crippen LogP contribution in [0.5, 0.6) is 0 Å². The van der Waals surface area contributed by atoms with Crippen LogP contribution in [0.1, 0.15) is 42.4 Å². The van der Waals surface area contributed by atoms with Crippen molar-refractivity contribution >= 4 is 45.4 Å². The lowest BCUT2D eigenvalue weighted by Gasteiger charge is -2.42. The van der Waals surface area contributed by atoms with E-state index in [-0.39, 0.29) is 11.2 Å². The molecule has 0 aromatic carbocycles. The molecular weight excluding hydrogens is 446 g/mol. The van der Waals surface area contributed by atoms with Crippen LogP contribution >= 0.6 is 34.4 Å². The molecular formula is C22H23N5OS3. The Morgan fingerprint density at radius 2 is 2.16 bits per heavy atom. The molecule has 6 nitrogen and oxygen atoms in total. The zero-order valence-corrected chi connectivity index (χ0v) is 20.1. The number of hydrogen-bond acceptors (Lipinski definition) is 9. The maximum Gasteiger partial charge on any atom is 0.219 e. The van der Waals surface area contributed by atoms with E-state index in [1.54, 1.807) is 16.2 Å². The third-order valence-corrected chi connectivity index (χ3v) is 8.44. The van der Waals surface area contributed by atoms with Gasteiger partial charge in [-0.2, -0.15) is 5.26 Å². The maximum atomic E-state index is 13.4. The van der Waals surface area contributed by atoms with Crippen LogP contribution in [0.3, 0.4) is 0 Å². The highest BCUT2D eigenvalue weighted by Gasteiger charge is 2.45. The van der Waals surface area contributed by atoms with Crippen LogP contribution in [-0.2, 0) is 4.79 Å². The average Bonchev–Trinajstić information content (AvgIpc) is 3.33. The second-order valence-corrected chi connectivity index (χ2v) is 11.9. The van der Waals surface area contributed by atoms with E-state index < -0.39 is 5.92 Å². The van der Waals surface area contributed by atoms with Gasteiger partial charge in [0.25, 0.3) is 0 Å². The summed E-state index contributed by atoms with van der Waals surface area (Å²) >= 11 is 4.55. The first-order valence-electron chi connectivity index (χ1n) is 9.85. The molecule has 2 aromatic heterocycles. The summed E-state index contributed by atoms with van der Waals surface area (Å²) in [4.78, 5) is 17.3. The van der Waals surface area contributed by atoms with Gasteiger partial charge in [0.1, 0.15) is 5.82 Å². The van der Waals surface area contributed by atoms with Gasteiger partial charge in [0.05, 0.1) is 17.6 Å². The molecule has 1 aliphatic carbocycles. The fraction of sp³-hybridized carbons (Fsp3) is 0.364. The largest absolute Gasteiger partial charge is 0.384 e. The number of anilines is 1. The lowest BCUT2D eigenvalue weighted by atomic mass is 9.70. The van der Waals surface area contributed by atoms with Gasteiger partial charge >= 0.3 is 0 Å². The molecule has 0 saturated heterocycles. The minimum absolute atomic E-state index is 0.0679. The number of carbonyl (C=O) groups excluding carboxylic acids is 1. The van der Waals surface area contributed by atoms with Crippen molar-refractivity contribution in [1.29, 1.82) is 5.26 Å². The van der Waals surface area contributed by atoms with Crippen LogP contribution in [0.4, 0.5) is 5.13 Å². The van der Waals surface area contributed by atoms with Crippen molar-refractivity contribution in [2.75, 3.05) is 10.7 Å². The van der Waals surface area contributed by atoms with E-state index in [1.165, 1.54) is 23.1 Å². The Hall–Kier alpha value is -2.41. The van der Waals surface area contributed by atoms with Crippen molar-refractivity contribution in [2.24, 2.45) is 11.1 Å². The SMILES string of the molecule is C=CCSc1nnc(N2C(N)=C(C#N)C(c3ccc(C)s3)C3=C2CC(C)(C)CC3=O)s1. The summed E-state index contributed by atoms with van der Waals surface area (Å²) in [7, 11) is 0. The van der Waals surface area contributed by atoms with Crippen LogP contribution in [0.15, 0.2) is 51.8 Å². The monoisotopic (exact) mass is 469 g/mol. The van der Waals surface area contributed by atoms with Crippen LogP contribution in [-0.4, -0.2) is 21.7 Å².